The Hall–Kier alpha value is -1.15. The summed E-state index contributed by atoms with van der Waals surface area (Å²) in [5.41, 5.74) is 2.00. The second kappa shape index (κ2) is 7.23. The normalized spacial score (nSPS) is 12.4. The molecule has 0 heterocycles. The second-order valence-corrected chi connectivity index (χ2v) is 4.36. The maximum absolute atomic E-state index is 13.6. The minimum atomic E-state index is -0.113. The standard InChI is InChI=1S/C15H22FN/c1-4-12(3)10-14(17-5-2)11-13-8-6-7-9-15(13)16/h6-9,14,17H,3-5,10-11H2,1-2H3. The van der Waals surface area contributed by atoms with E-state index in [1.165, 1.54) is 11.6 Å². The first-order chi connectivity index (χ1) is 8.17. The first kappa shape index (κ1) is 13.9. The predicted molar refractivity (Wildman–Crippen MR) is 71.6 cm³/mol. The van der Waals surface area contributed by atoms with E-state index in [4.69, 9.17) is 0 Å². The Morgan fingerprint density at radius 3 is 2.65 bits per heavy atom. The van der Waals surface area contributed by atoms with Crippen molar-refractivity contribution in [3.63, 3.8) is 0 Å². The number of hydrogen-bond acceptors (Lipinski definition) is 1. The van der Waals surface area contributed by atoms with Gasteiger partial charge in [-0.25, -0.2) is 4.39 Å². The molecule has 1 rings (SSSR count). The maximum atomic E-state index is 13.6. The van der Waals surface area contributed by atoms with E-state index in [1.807, 2.05) is 12.1 Å². The van der Waals surface area contributed by atoms with Gasteiger partial charge in [0.05, 0.1) is 0 Å². The van der Waals surface area contributed by atoms with Crippen LogP contribution in [0.5, 0.6) is 0 Å². The van der Waals surface area contributed by atoms with Gasteiger partial charge in [0.2, 0.25) is 0 Å². The molecule has 0 saturated carbocycles. The van der Waals surface area contributed by atoms with Crippen LogP contribution in [0.2, 0.25) is 0 Å². The zero-order valence-electron chi connectivity index (χ0n) is 10.8. The third-order valence-corrected chi connectivity index (χ3v) is 2.95. The minimum absolute atomic E-state index is 0.113. The Balaban J connectivity index is 2.66. The third kappa shape index (κ3) is 4.70. The van der Waals surface area contributed by atoms with Gasteiger partial charge in [-0.3, -0.25) is 0 Å². The largest absolute Gasteiger partial charge is 0.314 e. The highest BCUT2D eigenvalue weighted by atomic mass is 19.1. The van der Waals surface area contributed by atoms with Gasteiger partial charge in [0, 0.05) is 6.04 Å². The summed E-state index contributed by atoms with van der Waals surface area (Å²) in [5, 5.41) is 3.40. The molecule has 1 aromatic rings. The molecule has 0 aromatic heterocycles. The minimum Gasteiger partial charge on any atom is -0.314 e. The summed E-state index contributed by atoms with van der Waals surface area (Å²) >= 11 is 0. The van der Waals surface area contributed by atoms with Gasteiger partial charge in [-0.2, -0.15) is 0 Å². The Kier molecular flexibility index (Phi) is 5.92. The smallest absolute Gasteiger partial charge is 0.126 e. The molecule has 0 aliphatic rings. The number of halogens is 1. The van der Waals surface area contributed by atoms with Gasteiger partial charge in [-0.15, -0.1) is 0 Å². The van der Waals surface area contributed by atoms with Crippen molar-refractivity contribution in [2.75, 3.05) is 6.54 Å². The van der Waals surface area contributed by atoms with Gasteiger partial charge in [-0.05, 0) is 37.4 Å². The number of nitrogens with one attached hydrogen (secondary N) is 1. The van der Waals surface area contributed by atoms with Crippen molar-refractivity contribution in [3.05, 3.63) is 47.8 Å². The summed E-state index contributed by atoms with van der Waals surface area (Å²) in [5.74, 6) is -0.113. The van der Waals surface area contributed by atoms with Crippen LogP contribution in [0.25, 0.3) is 0 Å². The first-order valence-electron chi connectivity index (χ1n) is 6.30. The van der Waals surface area contributed by atoms with Crippen molar-refractivity contribution < 1.29 is 4.39 Å². The Bertz CT molecular complexity index is 360. The van der Waals surface area contributed by atoms with Crippen molar-refractivity contribution in [3.8, 4) is 0 Å². The van der Waals surface area contributed by atoms with Crippen molar-refractivity contribution in [1.29, 1.82) is 0 Å². The van der Waals surface area contributed by atoms with Gasteiger partial charge in [0.25, 0.3) is 0 Å². The second-order valence-electron chi connectivity index (χ2n) is 4.36. The lowest BCUT2D eigenvalue weighted by molar-refractivity contribution is 0.501. The molecule has 0 fully saturated rings. The summed E-state index contributed by atoms with van der Waals surface area (Å²) in [7, 11) is 0. The average Bonchev–Trinajstić information content (AvgIpc) is 2.32. The fourth-order valence-electron chi connectivity index (χ4n) is 1.93. The van der Waals surface area contributed by atoms with Crippen molar-refractivity contribution >= 4 is 0 Å². The molecular weight excluding hydrogens is 213 g/mol. The monoisotopic (exact) mass is 235 g/mol. The molecule has 1 aromatic carbocycles. The van der Waals surface area contributed by atoms with Crippen molar-refractivity contribution in [2.24, 2.45) is 0 Å². The fourth-order valence-corrected chi connectivity index (χ4v) is 1.93. The SMILES string of the molecule is C=C(CC)CC(Cc1ccccc1F)NCC. The number of likely N-dealkylation sites (N-methyl/N-ethyl adjacent to an activating group) is 1. The number of rotatable bonds is 7. The van der Waals surface area contributed by atoms with E-state index in [1.54, 1.807) is 6.07 Å². The Labute approximate surface area is 104 Å². The summed E-state index contributed by atoms with van der Waals surface area (Å²) in [4.78, 5) is 0. The van der Waals surface area contributed by atoms with Gasteiger partial charge >= 0.3 is 0 Å². The highest BCUT2D eigenvalue weighted by molar-refractivity contribution is 5.19. The number of hydrogen-bond donors (Lipinski definition) is 1. The van der Waals surface area contributed by atoms with Gasteiger partial charge in [-0.1, -0.05) is 44.2 Å². The fraction of sp³-hybridized carbons (Fsp3) is 0.467. The molecule has 1 unspecified atom stereocenters. The molecule has 0 radical (unpaired) electrons. The van der Waals surface area contributed by atoms with Crippen LogP contribution in [0.15, 0.2) is 36.4 Å². The van der Waals surface area contributed by atoms with Crippen LogP contribution in [0.3, 0.4) is 0 Å². The van der Waals surface area contributed by atoms with E-state index < -0.39 is 0 Å². The van der Waals surface area contributed by atoms with Gasteiger partial charge < -0.3 is 5.32 Å². The Morgan fingerprint density at radius 2 is 2.06 bits per heavy atom. The summed E-state index contributed by atoms with van der Waals surface area (Å²) in [6.07, 6.45) is 2.62. The van der Waals surface area contributed by atoms with Crippen LogP contribution in [0.1, 0.15) is 32.3 Å². The van der Waals surface area contributed by atoms with Crippen LogP contribution in [0, 0.1) is 5.82 Å². The van der Waals surface area contributed by atoms with Gasteiger partial charge in [0.15, 0.2) is 0 Å². The number of benzene rings is 1. The highest BCUT2D eigenvalue weighted by Gasteiger charge is 2.11. The molecule has 94 valence electrons. The van der Waals surface area contributed by atoms with Crippen LogP contribution in [0.4, 0.5) is 4.39 Å². The van der Waals surface area contributed by atoms with E-state index in [0.29, 0.717) is 0 Å². The van der Waals surface area contributed by atoms with Crippen molar-refractivity contribution in [1.82, 2.24) is 5.32 Å². The molecule has 0 aliphatic heterocycles. The summed E-state index contributed by atoms with van der Waals surface area (Å²) in [6.45, 7) is 9.10. The molecule has 0 aliphatic carbocycles. The average molecular weight is 235 g/mol. The summed E-state index contributed by atoms with van der Waals surface area (Å²) < 4.78 is 13.6. The predicted octanol–water partition coefficient (Wildman–Crippen LogP) is 3.70. The molecule has 1 N–H and O–H groups in total. The first-order valence-corrected chi connectivity index (χ1v) is 6.30. The molecule has 0 amide bonds. The lowest BCUT2D eigenvalue weighted by Crippen LogP contribution is -2.31. The highest BCUT2D eigenvalue weighted by Crippen LogP contribution is 2.14. The molecule has 0 spiro atoms. The van der Waals surface area contributed by atoms with E-state index >= 15 is 0 Å². The van der Waals surface area contributed by atoms with Crippen LogP contribution in [-0.4, -0.2) is 12.6 Å². The topological polar surface area (TPSA) is 12.0 Å². The lowest BCUT2D eigenvalue weighted by atomic mass is 9.98. The molecule has 17 heavy (non-hydrogen) atoms. The molecule has 1 nitrogen and oxygen atoms in total. The van der Waals surface area contributed by atoms with Crippen LogP contribution in [-0.2, 0) is 6.42 Å². The van der Waals surface area contributed by atoms with Crippen molar-refractivity contribution in [2.45, 2.75) is 39.2 Å². The Morgan fingerprint density at radius 1 is 1.35 bits per heavy atom. The lowest BCUT2D eigenvalue weighted by Gasteiger charge is -2.19. The quantitative estimate of drug-likeness (QED) is 0.710. The van der Waals surface area contributed by atoms with Gasteiger partial charge in [0.1, 0.15) is 5.82 Å². The molecule has 2 heteroatoms. The van der Waals surface area contributed by atoms with Crippen LogP contribution >= 0.6 is 0 Å². The molecule has 0 saturated heterocycles. The third-order valence-electron chi connectivity index (χ3n) is 2.95. The van der Waals surface area contributed by atoms with E-state index in [9.17, 15) is 4.39 Å². The zero-order chi connectivity index (χ0) is 12.7. The van der Waals surface area contributed by atoms with Crippen LogP contribution < -0.4 is 5.32 Å². The molecular formula is C15H22FN. The van der Waals surface area contributed by atoms with E-state index in [-0.39, 0.29) is 11.9 Å². The van der Waals surface area contributed by atoms with E-state index in [0.717, 1.165) is 31.4 Å². The zero-order valence-corrected chi connectivity index (χ0v) is 10.8. The maximum Gasteiger partial charge on any atom is 0.126 e. The summed E-state index contributed by atoms with van der Waals surface area (Å²) in [6, 6.07) is 7.27. The molecule has 0 bridgehead atoms. The molecule has 1 atom stereocenters. The van der Waals surface area contributed by atoms with E-state index in [2.05, 4.69) is 25.7 Å².